The van der Waals surface area contributed by atoms with Crippen LogP contribution in [-0.4, -0.2) is 21.6 Å². The number of nitrogen functional groups attached to an aromatic ring is 1. The van der Waals surface area contributed by atoms with Gasteiger partial charge in [-0.3, -0.25) is 9.59 Å². The van der Waals surface area contributed by atoms with Gasteiger partial charge >= 0.3 is 0 Å². The number of carbonyl (C=O) groups is 2. The van der Waals surface area contributed by atoms with Gasteiger partial charge in [0.15, 0.2) is 16.0 Å². The quantitative estimate of drug-likeness (QED) is 0.796. The van der Waals surface area contributed by atoms with Crippen LogP contribution < -0.4 is 5.73 Å². The third kappa shape index (κ3) is 2.81. The summed E-state index contributed by atoms with van der Waals surface area (Å²) in [5, 5.41) is 0.326. The Morgan fingerprint density at radius 3 is 2.64 bits per heavy atom. The maximum atomic E-state index is 11.5. The lowest BCUT2D eigenvalue weighted by molar-refractivity contribution is -0.109. The summed E-state index contributed by atoms with van der Waals surface area (Å²) in [6.07, 6.45) is 0. The maximum Gasteiger partial charge on any atom is 0.186 e. The van der Waals surface area contributed by atoms with Crippen molar-refractivity contribution in [3.63, 3.8) is 0 Å². The molecule has 0 fully saturated rings. The molecule has 1 heterocycles. The van der Waals surface area contributed by atoms with E-state index in [4.69, 9.17) is 5.73 Å². The first-order valence-corrected chi connectivity index (χ1v) is 5.70. The molecule has 1 rings (SSSR count). The predicted octanol–water partition coefficient (Wildman–Crippen LogP) is 1.50. The number of rotatable bonds is 3. The van der Waals surface area contributed by atoms with Crippen LogP contribution in [0, 0.1) is 6.92 Å². The summed E-state index contributed by atoms with van der Waals surface area (Å²) in [4.78, 5) is 26.7. The Kier molecular flexibility index (Phi) is 3.65. The lowest BCUT2D eigenvalue weighted by Gasteiger charge is -1.95. The molecule has 0 saturated carbocycles. The molecule has 2 N–H and O–H groups in total. The van der Waals surface area contributed by atoms with Gasteiger partial charge in [-0.1, -0.05) is 23.1 Å². The first-order valence-electron chi connectivity index (χ1n) is 3.90. The van der Waals surface area contributed by atoms with E-state index in [0.717, 1.165) is 11.8 Å². The van der Waals surface area contributed by atoms with Gasteiger partial charge in [0.05, 0.1) is 16.3 Å². The number of carbonyl (C=O) groups excluding carboxylic acids is 2. The van der Waals surface area contributed by atoms with Crippen molar-refractivity contribution in [1.82, 2.24) is 4.98 Å². The van der Waals surface area contributed by atoms with Gasteiger partial charge in [0.25, 0.3) is 0 Å². The van der Waals surface area contributed by atoms with Crippen molar-refractivity contribution in [3.05, 3.63) is 10.6 Å². The van der Waals surface area contributed by atoms with Crippen molar-refractivity contribution in [2.24, 2.45) is 0 Å². The Morgan fingerprint density at radius 2 is 2.21 bits per heavy atom. The Hall–Kier alpha value is -0.880. The van der Waals surface area contributed by atoms with E-state index < -0.39 is 0 Å². The third-order valence-electron chi connectivity index (χ3n) is 1.47. The summed E-state index contributed by atoms with van der Waals surface area (Å²) < 4.78 is 0. The van der Waals surface area contributed by atoms with Crippen molar-refractivity contribution in [3.8, 4) is 0 Å². The number of ketones is 1. The average Bonchev–Trinajstić information content (AvgIpc) is 2.41. The molecule has 0 aliphatic heterocycles. The molecule has 0 aliphatic rings. The van der Waals surface area contributed by atoms with Crippen LogP contribution in [0.2, 0.25) is 0 Å². The van der Waals surface area contributed by atoms with Crippen LogP contribution in [-0.2, 0) is 4.79 Å². The van der Waals surface area contributed by atoms with Gasteiger partial charge in [-0.25, -0.2) is 4.98 Å². The van der Waals surface area contributed by atoms with Gasteiger partial charge < -0.3 is 5.73 Å². The normalized spacial score (nSPS) is 10.1. The SMILES string of the molecule is CC(=O)SCC(=O)c1sc(N)nc1C. The number of nitrogens with zero attached hydrogens (tertiary/aromatic N) is 1. The van der Waals surface area contributed by atoms with Gasteiger partial charge in [-0.15, -0.1) is 0 Å². The smallest absolute Gasteiger partial charge is 0.186 e. The number of hydrogen-bond donors (Lipinski definition) is 1. The van der Waals surface area contributed by atoms with Crippen LogP contribution in [0.4, 0.5) is 5.13 Å². The minimum absolute atomic E-state index is 0.0616. The molecule has 1 aromatic rings. The monoisotopic (exact) mass is 230 g/mol. The second-order valence-electron chi connectivity index (χ2n) is 2.67. The number of thiazole rings is 1. The van der Waals surface area contributed by atoms with E-state index in [1.54, 1.807) is 6.92 Å². The molecule has 1 aromatic heterocycles. The maximum absolute atomic E-state index is 11.5. The van der Waals surface area contributed by atoms with Crippen molar-refractivity contribution >= 4 is 39.1 Å². The first kappa shape index (κ1) is 11.2. The Balaban J connectivity index is 2.69. The number of anilines is 1. The van der Waals surface area contributed by atoms with E-state index in [1.165, 1.54) is 18.3 Å². The van der Waals surface area contributed by atoms with Crippen molar-refractivity contribution in [2.45, 2.75) is 13.8 Å². The fraction of sp³-hybridized carbons (Fsp3) is 0.375. The van der Waals surface area contributed by atoms with E-state index in [1.807, 2.05) is 0 Å². The fourth-order valence-corrected chi connectivity index (χ4v) is 2.25. The zero-order valence-electron chi connectivity index (χ0n) is 7.86. The zero-order chi connectivity index (χ0) is 10.7. The highest BCUT2D eigenvalue weighted by molar-refractivity contribution is 8.14. The molecule has 0 bridgehead atoms. The Labute approximate surface area is 89.9 Å². The molecule has 6 heteroatoms. The Bertz CT molecular complexity index is 373. The summed E-state index contributed by atoms with van der Waals surface area (Å²) in [7, 11) is 0. The van der Waals surface area contributed by atoms with E-state index in [0.29, 0.717) is 15.7 Å². The van der Waals surface area contributed by atoms with Gasteiger partial charge in [0.2, 0.25) is 0 Å². The number of nitrogens with two attached hydrogens (primary N) is 1. The number of aryl methyl sites for hydroxylation is 1. The molecule has 4 nitrogen and oxygen atoms in total. The summed E-state index contributed by atoms with van der Waals surface area (Å²) in [6.45, 7) is 3.17. The number of Topliss-reactive ketones (excluding diaryl/α,β-unsaturated/α-hetero) is 1. The van der Waals surface area contributed by atoms with Crippen LogP contribution >= 0.6 is 23.1 Å². The van der Waals surface area contributed by atoms with Crippen LogP contribution in [0.1, 0.15) is 22.3 Å². The van der Waals surface area contributed by atoms with Crippen molar-refractivity contribution < 1.29 is 9.59 Å². The van der Waals surface area contributed by atoms with Gasteiger partial charge in [0.1, 0.15) is 0 Å². The second kappa shape index (κ2) is 4.56. The summed E-state index contributed by atoms with van der Waals surface area (Å²) in [5.41, 5.74) is 6.10. The summed E-state index contributed by atoms with van der Waals surface area (Å²) in [6, 6.07) is 0. The zero-order valence-corrected chi connectivity index (χ0v) is 9.50. The molecule has 0 aliphatic carbocycles. The van der Waals surface area contributed by atoms with Gasteiger partial charge in [0, 0.05) is 6.92 Å². The molecule has 0 unspecified atom stereocenters. The van der Waals surface area contributed by atoms with E-state index in [9.17, 15) is 9.59 Å². The van der Waals surface area contributed by atoms with Crippen molar-refractivity contribution in [1.29, 1.82) is 0 Å². The number of aromatic nitrogens is 1. The molecule has 0 amide bonds. The number of hydrogen-bond acceptors (Lipinski definition) is 6. The summed E-state index contributed by atoms with van der Waals surface area (Å²) >= 11 is 2.17. The average molecular weight is 230 g/mol. The second-order valence-corrected chi connectivity index (χ2v) is 4.85. The van der Waals surface area contributed by atoms with Crippen LogP contribution in [0.25, 0.3) is 0 Å². The lowest BCUT2D eigenvalue weighted by Crippen LogP contribution is -2.03. The summed E-state index contributed by atoms with van der Waals surface area (Å²) in [5.74, 6) is 0.0783. The van der Waals surface area contributed by atoms with Crippen molar-refractivity contribution in [2.75, 3.05) is 11.5 Å². The van der Waals surface area contributed by atoms with E-state index in [2.05, 4.69) is 4.98 Å². The first-order chi connectivity index (χ1) is 6.50. The molecule has 0 atom stereocenters. The van der Waals surface area contributed by atoms with Crippen LogP contribution in [0.5, 0.6) is 0 Å². The predicted molar refractivity (Wildman–Crippen MR) is 58.7 cm³/mol. The number of thioether (sulfide) groups is 1. The molecule has 76 valence electrons. The molecule has 14 heavy (non-hydrogen) atoms. The highest BCUT2D eigenvalue weighted by atomic mass is 32.2. The van der Waals surface area contributed by atoms with Crippen LogP contribution in [0.15, 0.2) is 0 Å². The van der Waals surface area contributed by atoms with E-state index in [-0.39, 0.29) is 16.7 Å². The molecular formula is C8H10N2O2S2. The Morgan fingerprint density at radius 1 is 1.57 bits per heavy atom. The third-order valence-corrected chi connectivity index (χ3v) is 3.31. The standard InChI is InChI=1S/C8H10N2O2S2/c1-4-7(14-8(9)10-4)6(12)3-13-5(2)11/h3H2,1-2H3,(H2,9,10). The topological polar surface area (TPSA) is 73.0 Å². The molecular weight excluding hydrogens is 220 g/mol. The molecule has 0 saturated heterocycles. The van der Waals surface area contributed by atoms with Crippen LogP contribution in [0.3, 0.4) is 0 Å². The van der Waals surface area contributed by atoms with Gasteiger partial charge in [-0.05, 0) is 6.92 Å². The van der Waals surface area contributed by atoms with E-state index >= 15 is 0 Å². The van der Waals surface area contributed by atoms with Gasteiger partial charge in [-0.2, -0.15) is 0 Å². The molecule has 0 spiro atoms. The minimum Gasteiger partial charge on any atom is -0.375 e. The highest BCUT2D eigenvalue weighted by Crippen LogP contribution is 2.21. The lowest BCUT2D eigenvalue weighted by atomic mass is 10.3. The fourth-order valence-electron chi connectivity index (χ4n) is 0.909. The highest BCUT2D eigenvalue weighted by Gasteiger charge is 2.14. The largest absolute Gasteiger partial charge is 0.375 e. The molecule has 0 aromatic carbocycles. The minimum atomic E-state index is -0.0862. The molecule has 0 radical (unpaired) electrons.